The molecular weight excluding hydrogens is 282 g/mol. The van der Waals surface area contributed by atoms with Gasteiger partial charge in [-0.25, -0.2) is 0 Å². The SMILES string of the molecule is O=c1c2ccccc2[nH]c(=S)n1C1CCN2CCCCC12. The highest BCUT2D eigenvalue weighted by molar-refractivity contribution is 7.71. The third-order valence-corrected chi connectivity index (χ3v) is 5.29. The van der Waals surface area contributed by atoms with Crippen molar-refractivity contribution < 1.29 is 0 Å². The molecule has 21 heavy (non-hydrogen) atoms. The molecule has 0 saturated carbocycles. The van der Waals surface area contributed by atoms with Crippen LogP contribution in [-0.4, -0.2) is 33.6 Å². The first-order chi connectivity index (χ1) is 10.3. The molecule has 4 nitrogen and oxygen atoms in total. The minimum Gasteiger partial charge on any atom is -0.332 e. The molecule has 1 N–H and O–H groups in total. The fourth-order valence-corrected chi connectivity index (χ4v) is 4.33. The van der Waals surface area contributed by atoms with E-state index in [-0.39, 0.29) is 11.6 Å². The lowest BCUT2D eigenvalue weighted by molar-refractivity contribution is 0.171. The van der Waals surface area contributed by atoms with Crippen molar-refractivity contribution in [3.63, 3.8) is 0 Å². The predicted octanol–water partition coefficient (Wildman–Crippen LogP) is 2.86. The number of H-pyrrole nitrogens is 1. The van der Waals surface area contributed by atoms with Crippen LogP contribution in [0.1, 0.15) is 31.7 Å². The molecule has 110 valence electrons. The first kappa shape index (κ1) is 13.2. The van der Waals surface area contributed by atoms with Crippen molar-refractivity contribution in [2.45, 2.75) is 37.8 Å². The monoisotopic (exact) mass is 301 g/mol. The third-order valence-electron chi connectivity index (χ3n) is 4.99. The summed E-state index contributed by atoms with van der Waals surface area (Å²) in [7, 11) is 0. The summed E-state index contributed by atoms with van der Waals surface area (Å²) in [5.41, 5.74) is 0.897. The molecule has 2 saturated heterocycles. The lowest BCUT2D eigenvalue weighted by Crippen LogP contribution is -2.40. The van der Waals surface area contributed by atoms with Crippen LogP contribution in [0.3, 0.4) is 0 Å². The van der Waals surface area contributed by atoms with E-state index in [0.717, 1.165) is 23.9 Å². The van der Waals surface area contributed by atoms with Crippen LogP contribution >= 0.6 is 12.2 Å². The minimum atomic E-state index is 0.0618. The molecule has 2 aromatic rings. The van der Waals surface area contributed by atoms with Crippen molar-refractivity contribution in [1.82, 2.24) is 14.5 Å². The van der Waals surface area contributed by atoms with Gasteiger partial charge in [0.2, 0.25) is 0 Å². The van der Waals surface area contributed by atoms with Crippen LogP contribution in [0.2, 0.25) is 0 Å². The zero-order chi connectivity index (χ0) is 14.4. The molecule has 5 heteroatoms. The number of piperidine rings is 1. The average molecular weight is 301 g/mol. The van der Waals surface area contributed by atoms with Crippen molar-refractivity contribution in [2.24, 2.45) is 0 Å². The van der Waals surface area contributed by atoms with Crippen LogP contribution in [0.5, 0.6) is 0 Å². The van der Waals surface area contributed by atoms with Gasteiger partial charge in [-0.05, 0) is 50.2 Å². The molecule has 4 rings (SSSR count). The number of aromatic amines is 1. The fraction of sp³-hybridized carbons (Fsp3) is 0.500. The molecule has 2 aliphatic rings. The molecule has 0 bridgehead atoms. The van der Waals surface area contributed by atoms with Crippen molar-refractivity contribution >= 4 is 23.1 Å². The van der Waals surface area contributed by atoms with E-state index in [1.54, 1.807) is 0 Å². The number of nitrogens with zero attached hydrogens (tertiary/aromatic N) is 2. The van der Waals surface area contributed by atoms with Crippen molar-refractivity contribution in [3.05, 3.63) is 39.4 Å². The van der Waals surface area contributed by atoms with Crippen molar-refractivity contribution in [3.8, 4) is 0 Å². The maximum Gasteiger partial charge on any atom is 0.262 e. The van der Waals surface area contributed by atoms with E-state index in [2.05, 4.69) is 9.88 Å². The van der Waals surface area contributed by atoms with Gasteiger partial charge in [-0.1, -0.05) is 18.6 Å². The van der Waals surface area contributed by atoms with E-state index in [4.69, 9.17) is 12.2 Å². The van der Waals surface area contributed by atoms with Crippen LogP contribution < -0.4 is 5.56 Å². The zero-order valence-corrected chi connectivity index (χ0v) is 12.7. The summed E-state index contributed by atoms with van der Waals surface area (Å²) in [5, 5.41) is 0.736. The molecule has 0 aliphatic carbocycles. The Morgan fingerprint density at radius 1 is 1.10 bits per heavy atom. The number of fused-ring (bicyclic) bond motifs is 2. The zero-order valence-electron chi connectivity index (χ0n) is 11.9. The normalized spacial score (nSPS) is 26.1. The summed E-state index contributed by atoms with van der Waals surface area (Å²) in [4.78, 5) is 18.6. The second-order valence-corrected chi connectivity index (χ2v) is 6.49. The Labute approximate surface area is 128 Å². The van der Waals surface area contributed by atoms with Crippen LogP contribution in [-0.2, 0) is 0 Å². The highest BCUT2D eigenvalue weighted by Gasteiger charge is 2.37. The number of para-hydroxylation sites is 1. The van der Waals surface area contributed by atoms with Gasteiger partial charge in [-0.15, -0.1) is 0 Å². The van der Waals surface area contributed by atoms with Gasteiger partial charge in [0.05, 0.1) is 16.9 Å². The Morgan fingerprint density at radius 3 is 2.86 bits per heavy atom. The van der Waals surface area contributed by atoms with E-state index in [1.807, 2.05) is 28.8 Å². The van der Waals surface area contributed by atoms with Crippen LogP contribution in [0.15, 0.2) is 29.1 Å². The lowest BCUT2D eigenvalue weighted by atomic mass is 9.99. The van der Waals surface area contributed by atoms with Crippen molar-refractivity contribution in [2.75, 3.05) is 13.1 Å². The third kappa shape index (κ3) is 2.07. The Morgan fingerprint density at radius 2 is 1.95 bits per heavy atom. The van der Waals surface area contributed by atoms with E-state index < -0.39 is 0 Å². The summed E-state index contributed by atoms with van der Waals surface area (Å²) in [6.45, 7) is 2.25. The topological polar surface area (TPSA) is 41.0 Å². The summed E-state index contributed by atoms with van der Waals surface area (Å²) in [6, 6.07) is 8.34. The molecule has 1 aromatic carbocycles. The Balaban J connectivity index is 1.87. The van der Waals surface area contributed by atoms with Crippen LogP contribution in [0.4, 0.5) is 0 Å². The molecule has 2 atom stereocenters. The van der Waals surface area contributed by atoms with Gasteiger partial charge in [-0.3, -0.25) is 14.3 Å². The highest BCUT2D eigenvalue weighted by atomic mass is 32.1. The number of hydrogen-bond acceptors (Lipinski definition) is 3. The molecular formula is C16H19N3OS. The molecule has 0 radical (unpaired) electrons. The summed E-state index contributed by atoms with van der Waals surface area (Å²) in [5.74, 6) is 0. The average Bonchev–Trinajstić information content (AvgIpc) is 2.91. The standard InChI is InChI=1S/C16H19N3OS/c20-15-11-5-1-2-6-12(11)17-16(21)19(15)14-8-10-18-9-4-3-7-13(14)18/h1-2,5-6,13-14H,3-4,7-10H2,(H,17,21). The minimum absolute atomic E-state index is 0.0618. The molecule has 2 fully saturated rings. The van der Waals surface area contributed by atoms with Crippen LogP contribution in [0.25, 0.3) is 10.9 Å². The summed E-state index contributed by atoms with van der Waals surface area (Å²) in [6.07, 6.45) is 4.75. The Kier molecular flexibility index (Phi) is 3.19. The number of nitrogens with one attached hydrogen (secondary N) is 1. The van der Waals surface area contributed by atoms with Gasteiger partial charge in [0.15, 0.2) is 4.77 Å². The second kappa shape index (κ2) is 5.07. The van der Waals surface area contributed by atoms with Gasteiger partial charge in [0, 0.05) is 12.6 Å². The number of hydrogen-bond donors (Lipinski definition) is 1. The first-order valence-electron chi connectivity index (χ1n) is 7.73. The number of aromatic nitrogens is 2. The van der Waals surface area contributed by atoms with Gasteiger partial charge in [-0.2, -0.15) is 0 Å². The smallest absolute Gasteiger partial charge is 0.262 e. The molecule has 0 spiro atoms. The maximum absolute atomic E-state index is 12.9. The molecule has 3 heterocycles. The Bertz CT molecular complexity index is 794. The second-order valence-electron chi connectivity index (χ2n) is 6.11. The van der Waals surface area contributed by atoms with Gasteiger partial charge < -0.3 is 4.98 Å². The molecule has 1 aromatic heterocycles. The van der Waals surface area contributed by atoms with Gasteiger partial charge in [0.25, 0.3) is 5.56 Å². The van der Waals surface area contributed by atoms with E-state index in [9.17, 15) is 4.79 Å². The van der Waals surface area contributed by atoms with Crippen molar-refractivity contribution in [1.29, 1.82) is 0 Å². The van der Waals surface area contributed by atoms with E-state index in [0.29, 0.717) is 10.8 Å². The van der Waals surface area contributed by atoms with Gasteiger partial charge in [0.1, 0.15) is 0 Å². The lowest BCUT2D eigenvalue weighted by Gasteiger charge is -2.32. The predicted molar refractivity (Wildman–Crippen MR) is 86.3 cm³/mol. The van der Waals surface area contributed by atoms with Crippen LogP contribution in [0, 0.1) is 4.77 Å². The van der Waals surface area contributed by atoms with E-state index >= 15 is 0 Å². The Hall–Kier alpha value is -1.46. The summed E-state index contributed by atoms with van der Waals surface area (Å²) < 4.78 is 2.41. The largest absolute Gasteiger partial charge is 0.332 e. The van der Waals surface area contributed by atoms with E-state index in [1.165, 1.54) is 25.8 Å². The number of rotatable bonds is 1. The molecule has 2 aliphatic heterocycles. The molecule has 0 amide bonds. The quantitative estimate of drug-likeness (QED) is 0.824. The molecule has 2 unspecified atom stereocenters. The first-order valence-corrected chi connectivity index (χ1v) is 8.14. The summed E-state index contributed by atoms with van der Waals surface area (Å²) >= 11 is 5.49. The maximum atomic E-state index is 12.9. The van der Waals surface area contributed by atoms with Gasteiger partial charge >= 0.3 is 0 Å². The fourth-order valence-electron chi connectivity index (χ4n) is 4.00. The highest BCUT2D eigenvalue weighted by Crippen LogP contribution is 2.34. The number of benzene rings is 1.